The lowest BCUT2D eigenvalue weighted by Crippen LogP contribution is -2.46. The molecule has 1 amide bonds. The normalized spacial score (nSPS) is 34.4. The third-order valence-corrected chi connectivity index (χ3v) is 5.43. The van der Waals surface area contributed by atoms with Gasteiger partial charge in [-0.3, -0.25) is 9.69 Å². The largest absolute Gasteiger partial charge is 0.394 e. The average Bonchev–Trinajstić information content (AvgIpc) is 3.30. The standard InChI is InChI=1S/C16H28N2O3/c1-2-12-9-18(16(20)13-3-4-13)15(11-19)14(12)10-17-5-7-21-8-6-17/h12-15,19H,2-11H2,1H3/t12-,14-,15-/m1/s1. The summed E-state index contributed by atoms with van der Waals surface area (Å²) in [5.74, 6) is 1.46. The number of ether oxygens (including phenoxy) is 1. The SMILES string of the molecule is CC[C@@H]1CN(C(=O)C2CC2)[C@H](CO)[C@@H]1CN1CCOCC1. The van der Waals surface area contributed by atoms with Gasteiger partial charge in [0.15, 0.2) is 0 Å². The van der Waals surface area contributed by atoms with Gasteiger partial charge in [-0.25, -0.2) is 0 Å². The van der Waals surface area contributed by atoms with Crippen LogP contribution < -0.4 is 0 Å². The maximum Gasteiger partial charge on any atom is 0.226 e. The predicted molar refractivity (Wildman–Crippen MR) is 79.8 cm³/mol. The first-order valence-corrected chi connectivity index (χ1v) is 8.46. The molecule has 0 aromatic heterocycles. The van der Waals surface area contributed by atoms with Gasteiger partial charge in [-0.2, -0.15) is 0 Å². The van der Waals surface area contributed by atoms with E-state index in [4.69, 9.17) is 4.74 Å². The lowest BCUT2D eigenvalue weighted by atomic mass is 9.88. The Balaban J connectivity index is 1.67. The molecule has 3 aliphatic rings. The number of likely N-dealkylation sites (tertiary alicyclic amines) is 1. The quantitative estimate of drug-likeness (QED) is 0.806. The van der Waals surface area contributed by atoms with Crippen LogP contribution in [0.1, 0.15) is 26.2 Å². The summed E-state index contributed by atoms with van der Waals surface area (Å²) in [5, 5.41) is 9.86. The second-order valence-electron chi connectivity index (χ2n) is 6.76. The summed E-state index contributed by atoms with van der Waals surface area (Å²) >= 11 is 0. The Morgan fingerprint density at radius 1 is 1.29 bits per heavy atom. The molecule has 2 heterocycles. The van der Waals surface area contributed by atoms with Crippen molar-refractivity contribution in [2.45, 2.75) is 32.2 Å². The molecule has 120 valence electrons. The summed E-state index contributed by atoms with van der Waals surface area (Å²) in [6.07, 6.45) is 3.16. The summed E-state index contributed by atoms with van der Waals surface area (Å²) in [6, 6.07) is 0.0193. The van der Waals surface area contributed by atoms with Gasteiger partial charge in [-0.05, 0) is 24.7 Å². The van der Waals surface area contributed by atoms with Crippen molar-refractivity contribution >= 4 is 5.91 Å². The highest BCUT2D eigenvalue weighted by atomic mass is 16.5. The molecule has 0 bridgehead atoms. The van der Waals surface area contributed by atoms with Crippen LogP contribution in [0.5, 0.6) is 0 Å². The molecular formula is C16H28N2O3. The first-order chi connectivity index (χ1) is 10.2. The monoisotopic (exact) mass is 296 g/mol. The zero-order valence-corrected chi connectivity index (χ0v) is 13.0. The van der Waals surface area contributed by atoms with Gasteiger partial charge in [-0.15, -0.1) is 0 Å². The van der Waals surface area contributed by atoms with E-state index in [1.165, 1.54) is 0 Å². The van der Waals surface area contributed by atoms with E-state index < -0.39 is 0 Å². The highest BCUT2D eigenvalue weighted by molar-refractivity contribution is 5.81. The molecule has 0 aromatic rings. The van der Waals surface area contributed by atoms with Gasteiger partial charge in [0, 0.05) is 32.1 Å². The number of hydrogen-bond acceptors (Lipinski definition) is 4. The van der Waals surface area contributed by atoms with Gasteiger partial charge in [0.2, 0.25) is 5.91 Å². The van der Waals surface area contributed by atoms with E-state index in [2.05, 4.69) is 11.8 Å². The van der Waals surface area contributed by atoms with Crippen molar-refractivity contribution in [2.24, 2.45) is 17.8 Å². The van der Waals surface area contributed by atoms with Crippen molar-refractivity contribution in [3.8, 4) is 0 Å². The van der Waals surface area contributed by atoms with Crippen LogP contribution in [0.25, 0.3) is 0 Å². The van der Waals surface area contributed by atoms with Crippen molar-refractivity contribution in [3.63, 3.8) is 0 Å². The van der Waals surface area contributed by atoms with Gasteiger partial charge < -0.3 is 14.7 Å². The number of aliphatic hydroxyl groups excluding tert-OH is 1. The predicted octanol–water partition coefficient (Wildman–Crippen LogP) is 0.574. The van der Waals surface area contributed by atoms with Crippen molar-refractivity contribution in [1.29, 1.82) is 0 Å². The van der Waals surface area contributed by atoms with Crippen molar-refractivity contribution in [3.05, 3.63) is 0 Å². The number of morpholine rings is 1. The lowest BCUT2D eigenvalue weighted by Gasteiger charge is -2.33. The molecule has 21 heavy (non-hydrogen) atoms. The number of carbonyl (C=O) groups excluding carboxylic acids is 1. The number of carbonyl (C=O) groups is 1. The van der Waals surface area contributed by atoms with Crippen molar-refractivity contribution in [1.82, 2.24) is 9.80 Å². The molecule has 1 saturated carbocycles. The Hall–Kier alpha value is -0.650. The molecule has 2 aliphatic heterocycles. The molecule has 0 aromatic carbocycles. The van der Waals surface area contributed by atoms with Crippen LogP contribution in [0.3, 0.4) is 0 Å². The molecule has 2 saturated heterocycles. The Morgan fingerprint density at radius 3 is 2.57 bits per heavy atom. The highest BCUT2D eigenvalue weighted by Gasteiger charge is 2.46. The molecule has 3 fully saturated rings. The van der Waals surface area contributed by atoms with E-state index in [-0.39, 0.29) is 24.5 Å². The van der Waals surface area contributed by atoms with E-state index in [1.54, 1.807) is 0 Å². The van der Waals surface area contributed by atoms with E-state index in [0.717, 1.165) is 58.7 Å². The third kappa shape index (κ3) is 3.25. The van der Waals surface area contributed by atoms with Crippen LogP contribution in [0.15, 0.2) is 0 Å². The summed E-state index contributed by atoms with van der Waals surface area (Å²) in [4.78, 5) is 16.9. The number of rotatable bonds is 5. The third-order valence-electron chi connectivity index (χ3n) is 5.43. The maximum absolute atomic E-state index is 12.5. The Labute approximate surface area is 127 Å². The van der Waals surface area contributed by atoms with Gasteiger partial charge in [0.1, 0.15) is 0 Å². The molecular weight excluding hydrogens is 268 g/mol. The topological polar surface area (TPSA) is 53.0 Å². The number of amides is 1. The maximum atomic E-state index is 12.5. The second kappa shape index (κ2) is 6.63. The molecule has 1 N–H and O–H groups in total. The average molecular weight is 296 g/mol. The number of nitrogens with zero attached hydrogens (tertiary/aromatic N) is 2. The molecule has 3 atom stereocenters. The summed E-state index contributed by atoms with van der Waals surface area (Å²) in [6.45, 7) is 7.69. The van der Waals surface area contributed by atoms with Gasteiger partial charge in [0.05, 0.1) is 25.9 Å². The first-order valence-electron chi connectivity index (χ1n) is 8.46. The zero-order chi connectivity index (χ0) is 14.8. The van der Waals surface area contributed by atoms with Gasteiger partial charge >= 0.3 is 0 Å². The number of hydrogen-bond donors (Lipinski definition) is 1. The Morgan fingerprint density at radius 2 is 2.00 bits per heavy atom. The van der Waals surface area contributed by atoms with Crippen LogP contribution in [-0.4, -0.2) is 72.9 Å². The van der Waals surface area contributed by atoms with Gasteiger partial charge in [-0.1, -0.05) is 13.3 Å². The van der Waals surface area contributed by atoms with Crippen LogP contribution in [0.2, 0.25) is 0 Å². The molecule has 5 nitrogen and oxygen atoms in total. The minimum atomic E-state index is 0.0193. The minimum Gasteiger partial charge on any atom is -0.394 e. The zero-order valence-electron chi connectivity index (χ0n) is 13.0. The molecule has 5 heteroatoms. The van der Waals surface area contributed by atoms with E-state index in [1.807, 2.05) is 4.90 Å². The molecule has 0 spiro atoms. The van der Waals surface area contributed by atoms with Crippen LogP contribution >= 0.6 is 0 Å². The fourth-order valence-corrected chi connectivity index (χ4v) is 3.91. The lowest BCUT2D eigenvalue weighted by molar-refractivity contribution is -0.134. The van der Waals surface area contributed by atoms with Crippen LogP contribution in [0.4, 0.5) is 0 Å². The Bertz CT molecular complexity index is 367. The van der Waals surface area contributed by atoms with E-state index in [9.17, 15) is 9.90 Å². The number of aliphatic hydroxyl groups is 1. The second-order valence-corrected chi connectivity index (χ2v) is 6.76. The minimum absolute atomic E-state index is 0.0193. The van der Waals surface area contributed by atoms with Gasteiger partial charge in [0.25, 0.3) is 0 Å². The van der Waals surface area contributed by atoms with Crippen LogP contribution in [-0.2, 0) is 9.53 Å². The molecule has 1 aliphatic carbocycles. The fourth-order valence-electron chi connectivity index (χ4n) is 3.91. The summed E-state index contributed by atoms with van der Waals surface area (Å²) in [5.41, 5.74) is 0. The fraction of sp³-hybridized carbons (Fsp3) is 0.938. The van der Waals surface area contributed by atoms with Crippen LogP contribution in [0, 0.1) is 17.8 Å². The highest BCUT2D eigenvalue weighted by Crippen LogP contribution is 2.38. The smallest absolute Gasteiger partial charge is 0.226 e. The van der Waals surface area contributed by atoms with Crippen molar-refractivity contribution < 1.29 is 14.6 Å². The Kier molecular flexibility index (Phi) is 4.82. The molecule has 0 unspecified atom stereocenters. The first kappa shape index (κ1) is 15.3. The summed E-state index contributed by atoms with van der Waals surface area (Å²) < 4.78 is 5.41. The van der Waals surface area contributed by atoms with E-state index >= 15 is 0 Å². The van der Waals surface area contributed by atoms with E-state index in [0.29, 0.717) is 11.8 Å². The summed E-state index contributed by atoms with van der Waals surface area (Å²) in [7, 11) is 0. The van der Waals surface area contributed by atoms with Crippen molar-refractivity contribution in [2.75, 3.05) is 46.0 Å². The molecule has 3 rings (SSSR count). The molecule has 0 radical (unpaired) electrons.